The number of halogens is 1. The lowest BCUT2D eigenvalue weighted by Crippen LogP contribution is -2.17. The van der Waals surface area contributed by atoms with Crippen LogP contribution in [0.25, 0.3) is 6.08 Å². The van der Waals surface area contributed by atoms with Crippen molar-refractivity contribution in [2.75, 3.05) is 17.7 Å². The quantitative estimate of drug-likeness (QED) is 0.584. The minimum absolute atomic E-state index is 0.296. The number of methoxy groups -OCH3 is 1. The Hall–Kier alpha value is -3.51. The molecule has 0 unspecified atom stereocenters. The molecule has 6 nitrogen and oxygen atoms in total. The number of anilines is 2. The van der Waals surface area contributed by atoms with Crippen molar-refractivity contribution in [3.63, 3.8) is 0 Å². The molecule has 1 heterocycles. The van der Waals surface area contributed by atoms with Crippen LogP contribution in [0.15, 0.2) is 71.4 Å². The summed E-state index contributed by atoms with van der Waals surface area (Å²) in [6.45, 7) is 0. The van der Waals surface area contributed by atoms with E-state index in [2.05, 4.69) is 10.6 Å². The summed E-state index contributed by atoms with van der Waals surface area (Å²) in [5.41, 5.74) is 1.10. The topological polar surface area (TPSA) is 80.6 Å². The molecule has 142 valence electrons. The van der Waals surface area contributed by atoms with E-state index in [-0.39, 0.29) is 0 Å². The summed E-state index contributed by atoms with van der Waals surface area (Å²) in [6.07, 6.45) is 4.38. The average molecular weight is 397 g/mol. The van der Waals surface area contributed by atoms with E-state index in [0.717, 1.165) is 0 Å². The predicted octanol–water partition coefficient (Wildman–Crippen LogP) is 4.85. The number of hydrogen-bond acceptors (Lipinski definition) is 4. The highest BCUT2D eigenvalue weighted by molar-refractivity contribution is 6.31. The van der Waals surface area contributed by atoms with Crippen LogP contribution in [0.2, 0.25) is 5.02 Å². The SMILES string of the molecule is COc1ccc(Cl)cc1NC(=O)c1ccccc1NC(=O)/C=C/c1ccco1. The third-order valence-corrected chi connectivity index (χ3v) is 4.02. The van der Waals surface area contributed by atoms with E-state index in [1.165, 1.54) is 25.5 Å². The fraction of sp³-hybridized carbons (Fsp3) is 0.0476. The molecular formula is C21H17ClN2O4. The van der Waals surface area contributed by atoms with E-state index in [0.29, 0.717) is 33.5 Å². The molecule has 0 aliphatic heterocycles. The molecule has 0 saturated carbocycles. The molecule has 7 heteroatoms. The van der Waals surface area contributed by atoms with E-state index in [9.17, 15) is 9.59 Å². The van der Waals surface area contributed by atoms with Crippen LogP contribution in [0.1, 0.15) is 16.1 Å². The van der Waals surface area contributed by atoms with Gasteiger partial charge in [0.05, 0.1) is 30.3 Å². The summed E-state index contributed by atoms with van der Waals surface area (Å²) in [5.74, 6) is 0.221. The number of furan rings is 1. The van der Waals surface area contributed by atoms with Gasteiger partial charge in [-0.05, 0) is 48.5 Å². The molecule has 1 aromatic heterocycles. The molecule has 28 heavy (non-hydrogen) atoms. The minimum Gasteiger partial charge on any atom is -0.495 e. The molecular weight excluding hydrogens is 380 g/mol. The van der Waals surface area contributed by atoms with Crippen LogP contribution < -0.4 is 15.4 Å². The monoisotopic (exact) mass is 396 g/mol. The number of rotatable bonds is 6. The Kier molecular flexibility index (Phi) is 6.14. The molecule has 3 rings (SSSR count). The molecule has 3 aromatic rings. The third-order valence-electron chi connectivity index (χ3n) is 3.78. The molecule has 0 fully saturated rings. The lowest BCUT2D eigenvalue weighted by atomic mass is 10.1. The Balaban J connectivity index is 1.77. The summed E-state index contributed by atoms with van der Waals surface area (Å²) < 4.78 is 10.4. The summed E-state index contributed by atoms with van der Waals surface area (Å²) in [5, 5.41) is 5.91. The highest BCUT2D eigenvalue weighted by Gasteiger charge is 2.15. The molecule has 0 spiro atoms. The van der Waals surface area contributed by atoms with Crippen molar-refractivity contribution in [1.82, 2.24) is 0 Å². The molecule has 2 N–H and O–H groups in total. The van der Waals surface area contributed by atoms with E-state index in [4.69, 9.17) is 20.8 Å². The molecule has 0 saturated heterocycles. The van der Waals surface area contributed by atoms with Crippen LogP contribution in [-0.4, -0.2) is 18.9 Å². The number of amides is 2. The molecule has 2 aromatic carbocycles. The van der Waals surface area contributed by atoms with Gasteiger partial charge in [0, 0.05) is 11.1 Å². The van der Waals surface area contributed by atoms with Crippen molar-refractivity contribution in [2.24, 2.45) is 0 Å². The first-order valence-electron chi connectivity index (χ1n) is 8.33. The van der Waals surface area contributed by atoms with Crippen LogP contribution in [0, 0.1) is 0 Å². The minimum atomic E-state index is -0.411. The van der Waals surface area contributed by atoms with Gasteiger partial charge < -0.3 is 19.8 Å². The average Bonchev–Trinajstić information content (AvgIpc) is 3.20. The molecule has 0 atom stereocenters. The normalized spacial score (nSPS) is 10.6. The van der Waals surface area contributed by atoms with Gasteiger partial charge in [0.2, 0.25) is 5.91 Å². The van der Waals surface area contributed by atoms with Crippen LogP contribution in [-0.2, 0) is 4.79 Å². The Morgan fingerprint density at radius 1 is 1.04 bits per heavy atom. The second-order valence-corrected chi connectivity index (χ2v) is 6.12. The number of ether oxygens (including phenoxy) is 1. The summed E-state index contributed by atoms with van der Waals surface area (Å²) in [6, 6.07) is 15.0. The zero-order chi connectivity index (χ0) is 19.9. The molecule has 0 aliphatic rings. The lowest BCUT2D eigenvalue weighted by molar-refractivity contribution is -0.111. The van der Waals surface area contributed by atoms with Crippen molar-refractivity contribution < 1.29 is 18.7 Å². The first-order valence-corrected chi connectivity index (χ1v) is 8.71. The van der Waals surface area contributed by atoms with Gasteiger partial charge in [0.15, 0.2) is 0 Å². The summed E-state index contributed by atoms with van der Waals surface area (Å²) in [4.78, 5) is 24.9. The van der Waals surface area contributed by atoms with Gasteiger partial charge in [-0.2, -0.15) is 0 Å². The standard InChI is InChI=1S/C21H17ClN2O4/c1-27-19-10-8-14(22)13-18(19)24-21(26)16-6-2-3-7-17(16)23-20(25)11-9-15-5-4-12-28-15/h2-13H,1H3,(H,23,25)(H,24,26)/b11-9+. The fourth-order valence-electron chi connectivity index (χ4n) is 2.48. The van der Waals surface area contributed by atoms with E-state index < -0.39 is 11.8 Å². The molecule has 2 amide bonds. The van der Waals surface area contributed by atoms with Crippen molar-refractivity contribution in [1.29, 1.82) is 0 Å². The highest BCUT2D eigenvalue weighted by atomic mass is 35.5. The van der Waals surface area contributed by atoms with Crippen molar-refractivity contribution in [3.8, 4) is 5.75 Å². The Labute approximate surface area is 166 Å². The number of carbonyl (C=O) groups is 2. The predicted molar refractivity (Wildman–Crippen MR) is 109 cm³/mol. The summed E-state index contributed by atoms with van der Waals surface area (Å²) in [7, 11) is 1.50. The van der Waals surface area contributed by atoms with Crippen molar-refractivity contribution >= 4 is 40.9 Å². The number of benzene rings is 2. The number of carbonyl (C=O) groups excluding carboxylic acids is 2. The van der Waals surface area contributed by atoms with Crippen LogP contribution in [0.4, 0.5) is 11.4 Å². The van der Waals surface area contributed by atoms with Crippen LogP contribution >= 0.6 is 11.6 Å². The number of nitrogens with one attached hydrogen (secondary N) is 2. The first-order chi connectivity index (χ1) is 13.6. The Morgan fingerprint density at radius 3 is 2.61 bits per heavy atom. The van der Waals surface area contributed by atoms with Crippen LogP contribution in [0.5, 0.6) is 5.75 Å². The third kappa shape index (κ3) is 4.81. The molecule has 0 bridgehead atoms. The largest absolute Gasteiger partial charge is 0.495 e. The van der Waals surface area contributed by atoms with Gasteiger partial charge in [-0.3, -0.25) is 9.59 Å². The van der Waals surface area contributed by atoms with E-state index in [1.807, 2.05) is 0 Å². The fourth-order valence-corrected chi connectivity index (χ4v) is 2.65. The second-order valence-electron chi connectivity index (χ2n) is 5.68. The first kappa shape index (κ1) is 19.3. The zero-order valence-corrected chi connectivity index (χ0v) is 15.7. The maximum Gasteiger partial charge on any atom is 0.257 e. The van der Waals surface area contributed by atoms with Gasteiger partial charge >= 0.3 is 0 Å². The van der Waals surface area contributed by atoms with Gasteiger partial charge in [-0.25, -0.2) is 0 Å². The Morgan fingerprint density at radius 2 is 1.86 bits per heavy atom. The number of hydrogen-bond donors (Lipinski definition) is 2. The van der Waals surface area contributed by atoms with Gasteiger partial charge in [-0.1, -0.05) is 23.7 Å². The van der Waals surface area contributed by atoms with Crippen LogP contribution in [0.3, 0.4) is 0 Å². The maximum absolute atomic E-state index is 12.7. The lowest BCUT2D eigenvalue weighted by Gasteiger charge is -2.13. The summed E-state index contributed by atoms with van der Waals surface area (Å²) >= 11 is 6.00. The smallest absolute Gasteiger partial charge is 0.257 e. The highest BCUT2D eigenvalue weighted by Crippen LogP contribution is 2.28. The zero-order valence-electron chi connectivity index (χ0n) is 14.9. The Bertz CT molecular complexity index is 1010. The molecule has 0 radical (unpaired) electrons. The van der Waals surface area contributed by atoms with Gasteiger partial charge in [-0.15, -0.1) is 0 Å². The van der Waals surface area contributed by atoms with Gasteiger partial charge in [0.1, 0.15) is 11.5 Å². The molecule has 0 aliphatic carbocycles. The van der Waals surface area contributed by atoms with Crippen molar-refractivity contribution in [3.05, 3.63) is 83.3 Å². The van der Waals surface area contributed by atoms with E-state index in [1.54, 1.807) is 54.6 Å². The van der Waals surface area contributed by atoms with Gasteiger partial charge in [0.25, 0.3) is 5.91 Å². The maximum atomic E-state index is 12.7. The number of para-hydroxylation sites is 1. The van der Waals surface area contributed by atoms with Crippen molar-refractivity contribution in [2.45, 2.75) is 0 Å². The van der Waals surface area contributed by atoms with E-state index >= 15 is 0 Å². The second kappa shape index (κ2) is 8.92.